The van der Waals surface area contributed by atoms with Crippen molar-refractivity contribution in [1.82, 2.24) is 0 Å². The average Bonchev–Trinajstić information content (AvgIpc) is 3.92. The minimum absolute atomic E-state index is 0.265. The lowest BCUT2D eigenvalue weighted by molar-refractivity contribution is 0.660. The Labute approximate surface area is 423 Å². The maximum absolute atomic E-state index is 2.46. The van der Waals surface area contributed by atoms with Gasteiger partial charge < -0.3 is 9.80 Å². The second-order valence-electron chi connectivity index (χ2n) is 19.7. The smallest absolute Gasteiger partial charge is 0.0468 e. The molecule has 1 aliphatic rings. The molecular weight excluding hydrogens is 889 g/mol. The first-order chi connectivity index (χ1) is 35.4. The summed E-state index contributed by atoms with van der Waals surface area (Å²) in [5, 5.41) is 10.2. The molecule has 340 valence electrons. The largest absolute Gasteiger partial charge is 0.310 e. The molecule has 3 heteroatoms. The molecule has 1 aromatic heterocycles. The Bertz CT molecular complexity index is 4150. The normalized spacial score (nSPS) is 12.7. The molecule has 14 rings (SSSR count). The first kappa shape index (κ1) is 42.1. The van der Waals surface area contributed by atoms with Crippen molar-refractivity contribution < 1.29 is 0 Å². The molecule has 1 aliphatic carbocycles. The van der Waals surface area contributed by atoms with Crippen LogP contribution in [0, 0.1) is 0 Å². The first-order valence-electron chi connectivity index (χ1n) is 24.9. The molecule has 0 atom stereocenters. The number of anilines is 6. The van der Waals surface area contributed by atoms with Crippen LogP contribution in [0.25, 0.3) is 85.9 Å². The molecular formula is C69H48N2S. The second-order valence-corrected chi connectivity index (χ2v) is 20.8. The Hall–Kier alpha value is -8.76. The van der Waals surface area contributed by atoms with E-state index in [0.29, 0.717) is 0 Å². The molecule has 2 nitrogen and oxygen atoms in total. The number of fused-ring (bicyclic) bond motifs is 12. The van der Waals surface area contributed by atoms with Crippen molar-refractivity contribution in [1.29, 1.82) is 0 Å². The highest BCUT2D eigenvalue weighted by Gasteiger charge is 2.37. The topological polar surface area (TPSA) is 6.48 Å². The Balaban J connectivity index is 0.867. The molecule has 12 aromatic carbocycles. The van der Waals surface area contributed by atoms with Crippen molar-refractivity contribution in [3.63, 3.8) is 0 Å². The third kappa shape index (κ3) is 6.84. The molecule has 0 saturated heterocycles. The lowest BCUT2D eigenvalue weighted by atomic mass is 9.82. The monoisotopic (exact) mass is 936 g/mol. The summed E-state index contributed by atoms with van der Waals surface area (Å²) in [6, 6.07) is 94.1. The van der Waals surface area contributed by atoms with Crippen LogP contribution in [-0.4, -0.2) is 0 Å². The highest BCUT2D eigenvalue weighted by molar-refractivity contribution is 7.25. The Morgan fingerprint density at radius 3 is 1.21 bits per heavy atom. The summed E-state index contributed by atoms with van der Waals surface area (Å²) in [6.45, 7) is 4.78. The number of rotatable bonds is 8. The van der Waals surface area contributed by atoms with Crippen LogP contribution in [0.15, 0.2) is 255 Å². The van der Waals surface area contributed by atoms with E-state index in [9.17, 15) is 0 Å². The number of hydrogen-bond acceptors (Lipinski definition) is 3. The summed E-state index contributed by atoms with van der Waals surface area (Å²) < 4.78 is 2.66. The van der Waals surface area contributed by atoms with Gasteiger partial charge in [0.25, 0.3) is 0 Å². The molecule has 72 heavy (non-hydrogen) atoms. The molecule has 0 radical (unpaired) electrons. The van der Waals surface area contributed by atoms with Crippen LogP contribution in [0.5, 0.6) is 0 Å². The van der Waals surface area contributed by atoms with E-state index in [2.05, 4.69) is 278 Å². The van der Waals surface area contributed by atoms with Crippen LogP contribution < -0.4 is 9.80 Å². The van der Waals surface area contributed by atoms with Crippen molar-refractivity contribution >= 4 is 98.0 Å². The van der Waals surface area contributed by atoms with Crippen molar-refractivity contribution in [2.24, 2.45) is 0 Å². The summed E-state index contributed by atoms with van der Waals surface area (Å²) in [5.41, 5.74) is 16.6. The van der Waals surface area contributed by atoms with Gasteiger partial charge in [-0.3, -0.25) is 0 Å². The molecule has 0 saturated carbocycles. The van der Waals surface area contributed by atoms with Crippen LogP contribution in [0.3, 0.4) is 0 Å². The highest BCUT2D eigenvalue weighted by atomic mass is 32.1. The van der Waals surface area contributed by atoms with Gasteiger partial charge in [0.1, 0.15) is 0 Å². The first-order valence-corrected chi connectivity index (χ1v) is 25.7. The highest BCUT2D eigenvalue weighted by Crippen LogP contribution is 2.53. The molecule has 0 spiro atoms. The summed E-state index contributed by atoms with van der Waals surface area (Å²) in [4.78, 5) is 4.82. The number of thiophene rings is 1. The third-order valence-electron chi connectivity index (χ3n) is 15.2. The van der Waals surface area contributed by atoms with Crippen LogP contribution >= 0.6 is 11.3 Å². The van der Waals surface area contributed by atoms with Gasteiger partial charge in [0, 0.05) is 59.7 Å². The summed E-state index contributed by atoms with van der Waals surface area (Å²) in [6.07, 6.45) is 0. The van der Waals surface area contributed by atoms with Gasteiger partial charge in [0.15, 0.2) is 0 Å². The number of nitrogens with zero attached hydrogens (tertiary/aromatic N) is 2. The van der Waals surface area contributed by atoms with E-state index in [-0.39, 0.29) is 5.41 Å². The molecule has 13 aromatic rings. The zero-order chi connectivity index (χ0) is 47.9. The maximum atomic E-state index is 2.46. The predicted octanol–water partition coefficient (Wildman–Crippen LogP) is 20.1. The SMILES string of the molecule is CC1(C)c2cc(N(c3ccccc3)c3ccccc3)ccc2-c2ccc(N(c3ccc(-c4ccc(-c5ccc6sc7ccccc7c6c5)cc4)cc3)c3ccc4c5ccccc5c5ccccc5c4c3)cc21. The number of hydrogen-bond donors (Lipinski definition) is 0. The molecule has 0 fully saturated rings. The fourth-order valence-corrected chi connectivity index (χ4v) is 12.7. The molecule has 0 bridgehead atoms. The standard InChI is InChI=1S/C69H48N2S/c1-69(2)65-43-53(70(49-15-5-3-6-16-49)50-17-7-4-8-18-50)35-38-60(65)61-39-36-54(44-66(61)69)71(52-34-37-59-57-21-10-9-19-55(57)56-20-11-12-22-58(56)63(59)42-52)51-32-29-46(30-33-51)45-25-27-47(28-26-45)48-31-40-68-64(41-48)62-23-13-14-24-67(62)72-68/h3-44H,1-2H3. The third-order valence-corrected chi connectivity index (χ3v) is 16.4. The van der Waals surface area contributed by atoms with Crippen molar-refractivity contribution in [2.45, 2.75) is 19.3 Å². The molecule has 0 N–H and O–H groups in total. The minimum Gasteiger partial charge on any atom is -0.310 e. The second kappa shape index (κ2) is 16.7. The molecule has 1 heterocycles. The van der Waals surface area contributed by atoms with Crippen molar-refractivity contribution in [3.8, 4) is 33.4 Å². The Morgan fingerprint density at radius 1 is 0.264 bits per heavy atom. The Morgan fingerprint density at radius 2 is 0.639 bits per heavy atom. The van der Waals surface area contributed by atoms with E-state index in [1.54, 1.807) is 0 Å². The van der Waals surface area contributed by atoms with Crippen molar-refractivity contribution in [2.75, 3.05) is 9.80 Å². The zero-order valence-corrected chi connectivity index (χ0v) is 40.9. The maximum Gasteiger partial charge on any atom is 0.0468 e. The lowest BCUT2D eigenvalue weighted by Crippen LogP contribution is -2.17. The van der Waals surface area contributed by atoms with E-state index in [4.69, 9.17) is 0 Å². The van der Waals surface area contributed by atoms with Gasteiger partial charge in [-0.15, -0.1) is 11.3 Å². The van der Waals surface area contributed by atoms with Crippen LogP contribution in [0.1, 0.15) is 25.0 Å². The van der Waals surface area contributed by atoms with Crippen LogP contribution in [0.4, 0.5) is 34.1 Å². The van der Waals surface area contributed by atoms with Gasteiger partial charge in [0.2, 0.25) is 0 Å². The van der Waals surface area contributed by atoms with E-state index in [1.165, 1.54) is 97.0 Å². The van der Waals surface area contributed by atoms with Gasteiger partial charge in [-0.05, 0) is 168 Å². The predicted molar refractivity (Wildman–Crippen MR) is 310 cm³/mol. The van der Waals surface area contributed by atoms with Gasteiger partial charge in [-0.25, -0.2) is 0 Å². The fraction of sp³-hybridized carbons (Fsp3) is 0.0435. The van der Waals surface area contributed by atoms with E-state index in [0.717, 1.165) is 34.1 Å². The fourth-order valence-electron chi connectivity index (χ4n) is 11.6. The van der Waals surface area contributed by atoms with E-state index in [1.807, 2.05) is 11.3 Å². The number of para-hydroxylation sites is 2. The van der Waals surface area contributed by atoms with E-state index < -0.39 is 0 Å². The molecule has 0 aliphatic heterocycles. The van der Waals surface area contributed by atoms with Gasteiger partial charge >= 0.3 is 0 Å². The van der Waals surface area contributed by atoms with Gasteiger partial charge in [-0.2, -0.15) is 0 Å². The quantitative estimate of drug-likeness (QED) is 0.140. The van der Waals surface area contributed by atoms with Gasteiger partial charge in [0.05, 0.1) is 0 Å². The van der Waals surface area contributed by atoms with Crippen LogP contribution in [0.2, 0.25) is 0 Å². The van der Waals surface area contributed by atoms with Gasteiger partial charge in [-0.1, -0.05) is 178 Å². The molecule has 0 amide bonds. The lowest BCUT2D eigenvalue weighted by Gasteiger charge is -2.29. The molecule has 0 unspecified atom stereocenters. The Kier molecular flexibility index (Phi) is 9.77. The summed E-state index contributed by atoms with van der Waals surface area (Å²) >= 11 is 1.86. The minimum atomic E-state index is -0.265. The van der Waals surface area contributed by atoms with E-state index >= 15 is 0 Å². The number of benzene rings is 12. The zero-order valence-electron chi connectivity index (χ0n) is 40.1. The summed E-state index contributed by atoms with van der Waals surface area (Å²) in [5.74, 6) is 0. The summed E-state index contributed by atoms with van der Waals surface area (Å²) in [7, 11) is 0. The van der Waals surface area contributed by atoms with Crippen LogP contribution in [-0.2, 0) is 5.41 Å². The average molecular weight is 937 g/mol. The van der Waals surface area contributed by atoms with Crippen molar-refractivity contribution in [3.05, 3.63) is 266 Å².